The minimum Gasteiger partial charge on any atom is -0.327 e. The summed E-state index contributed by atoms with van der Waals surface area (Å²) in [5.74, 6) is -0.740. The molecule has 0 aliphatic carbocycles. The Labute approximate surface area is 167 Å². The lowest BCUT2D eigenvalue weighted by Gasteiger charge is -2.26. The summed E-state index contributed by atoms with van der Waals surface area (Å²) < 4.78 is 40.3. The Morgan fingerprint density at radius 3 is 2.73 bits per heavy atom. The first kappa shape index (κ1) is 19.8. The third-order valence-electron chi connectivity index (χ3n) is 4.94. The zero-order valence-corrected chi connectivity index (χ0v) is 15.5. The second-order valence-corrected chi connectivity index (χ2v) is 6.95. The molecule has 1 aromatic carbocycles. The fraction of sp³-hybridized carbons (Fsp3) is 0.316. The van der Waals surface area contributed by atoms with Crippen LogP contribution in [0.25, 0.3) is 10.9 Å². The van der Waals surface area contributed by atoms with Gasteiger partial charge in [-0.05, 0) is 25.0 Å². The van der Waals surface area contributed by atoms with E-state index in [9.17, 15) is 27.6 Å². The molecule has 1 aliphatic heterocycles. The van der Waals surface area contributed by atoms with Crippen LogP contribution in [0, 0.1) is 0 Å². The lowest BCUT2D eigenvalue weighted by atomic mass is 10.1. The van der Waals surface area contributed by atoms with E-state index in [4.69, 9.17) is 0 Å². The second-order valence-electron chi connectivity index (χ2n) is 6.95. The molecule has 3 aromatic rings. The van der Waals surface area contributed by atoms with Gasteiger partial charge in [-0.2, -0.15) is 13.2 Å². The Morgan fingerprint density at radius 1 is 1.23 bits per heavy atom. The quantitative estimate of drug-likeness (QED) is 0.700. The van der Waals surface area contributed by atoms with Crippen LogP contribution < -0.4 is 11.1 Å². The number of nitrogens with zero attached hydrogens (tertiary/aromatic N) is 4. The molecule has 0 spiro atoms. The Kier molecular flexibility index (Phi) is 4.88. The van der Waals surface area contributed by atoms with Gasteiger partial charge < -0.3 is 9.88 Å². The van der Waals surface area contributed by atoms with Gasteiger partial charge >= 0.3 is 6.18 Å². The first-order valence-corrected chi connectivity index (χ1v) is 9.16. The van der Waals surface area contributed by atoms with Crippen molar-refractivity contribution in [3.05, 3.63) is 68.9 Å². The van der Waals surface area contributed by atoms with E-state index in [2.05, 4.69) is 15.0 Å². The fourth-order valence-electron chi connectivity index (χ4n) is 3.68. The molecule has 11 heteroatoms. The van der Waals surface area contributed by atoms with Crippen molar-refractivity contribution in [3.8, 4) is 0 Å². The summed E-state index contributed by atoms with van der Waals surface area (Å²) >= 11 is 0. The van der Waals surface area contributed by atoms with Crippen molar-refractivity contribution < 1.29 is 18.0 Å². The van der Waals surface area contributed by atoms with Crippen molar-refractivity contribution >= 4 is 16.8 Å². The van der Waals surface area contributed by atoms with Crippen molar-refractivity contribution in [2.75, 3.05) is 6.54 Å². The zero-order chi connectivity index (χ0) is 21.5. The standard InChI is InChI=1S/C19H16F3N5O3/c20-19(21,22)9-27-16(25-12-5-2-1-4-11(12)17(27)29)14-6-3-7-26(14)18(30)13-8-15(28)24-10-23-13/h1-2,4-5,8,10,14H,3,6-7,9H2,(H,23,24,28). The molecular weight excluding hydrogens is 403 g/mol. The highest BCUT2D eigenvalue weighted by molar-refractivity contribution is 5.92. The molecule has 1 amide bonds. The van der Waals surface area contributed by atoms with Gasteiger partial charge in [0.1, 0.15) is 18.1 Å². The molecule has 30 heavy (non-hydrogen) atoms. The average Bonchev–Trinajstić information content (AvgIpc) is 3.18. The number of H-pyrrole nitrogens is 1. The molecular formula is C19H16F3N5O3. The number of carbonyl (C=O) groups excluding carboxylic acids is 1. The van der Waals surface area contributed by atoms with Gasteiger partial charge in [0.25, 0.3) is 17.0 Å². The van der Waals surface area contributed by atoms with Gasteiger partial charge in [0.2, 0.25) is 0 Å². The van der Waals surface area contributed by atoms with Crippen molar-refractivity contribution in [2.45, 2.75) is 31.6 Å². The molecule has 4 rings (SSSR count). The van der Waals surface area contributed by atoms with E-state index in [1.165, 1.54) is 17.0 Å². The highest BCUT2D eigenvalue weighted by Crippen LogP contribution is 2.33. The number of amides is 1. The first-order chi connectivity index (χ1) is 14.2. The highest BCUT2D eigenvalue weighted by atomic mass is 19.4. The first-order valence-electron chi connectivity index (χ1n) is 9.16. The van der Waals surface area contributed by atoms with Gasteiger partial charge in [-0.25, -0.2) is 9.97 Å². The molecule has 156 valence electrons. The Bertz CT molecular complexity index is 1230. The van der Waals surface area contributed by atoms with E-state index < -0.39 is 35.8 Å². The Hall–Kier alpha value is -3.50. The summed E-state index contributed by atoms with van der Waals surface area (Å²) in [7, 11) is 0. The molecule has 1 N–H and O–H groups in total. The fourth-order valence-corrected chi connectivity index (χ4v) is 3.68. The molecule has 1 unspecified atom stereocenters. The number of aromatic amines is 1. The molecule has 1 saturated heterocycles. The summed E-state index contributed by atoms with van der Waals surface area (Å²) in [5.41, 5.74) is -1.22. The molecule has 1 atom stereocenters. The van der Waals surface area contributed by atoms with E-state index in [0.29, 0.717) is 17.4 Å². The molecule has 2 aromatic heterocycles. The van der Waals surface area contributed by atoms with Gasteiger partial charge in [-0.1, -0.05) is 12.1 Å². The monoisotopic (exact) mass is 419 g/mol. The van der Waals surface area contributed by atoms with E-state index in [-0.39, 0.29) is 29.0 Å². The van der Waals surface area contributed by atoms with E-state index in [1.807, 2.05) is 0 Å². The van der Waals surface area contributed by atoms with Crippen LogP contribution >= 0.6 is 0 Å². The lowest BCUT2D eigenvalue weighted by molar-refractivity contribution is -0.141. The van der Waals surface area contributed by atoms with Crippen LogP contribution in [0.4, 0.5) is 13.2 Å². The lowest BCUT2D eigenvalue weighted by Crippen LogP contribution is -2.38. The average molecular weight is 419 g/mol. The van der Waals surface area contributed by atoms with Gasteiger partial charge in [-0.15, -0.1) is 0 Å². The minimum absolute atomic E-state index is 0.0673. The van der Waals surface area contributed by atoms with Crippen molar-refractivity contribution in [1.82, 2.24) is 24.4 Å². The summed E-state index contributed by atoms with van der Waals surface area (Å²) in [6.07, 6.45) is -2.73. The van der Waals surface area contributed by atoms with Gasteiger partial charge in [0.05, 0.1) is 23.3 Å². The Balaban J connectivity index is 1.84. The number of para-hydroxylation sites is 1. The number of alkyl halides is 3. The van der Waals surface area contributed by atoms with Crippen LogP contribution in [0.3, 0.4) is 0 Å². The van der Waals surface area contributed by atoms with Crippen LogP contribution in [0.15, 0.2) is 46.2 Å². The SMILES string of the molecule is O=C(c1cc(=O)[nH]cn1)N1CCCC1c1nc2ccccc2c(=O)n1CC(F)(F)F. The van der Waals surface area contributed by atoms with Crippen LogP contribution in [0.2, 0.25) is 0 Å². The number of fused-ring (bicyclic) bond motifs is 1. The third-order valence-corrected chi connectivity index (χ3v) is 4.94. The number of hydrogen-bond acceptors (Lipinski definition) is 5. The summed E-state index contributed by atoms with van der Waals surface area (Å²) in [6.45, 7) is -1.27. The normalized spacial score (nSPS) is 16.9. The molecule has 0 radical (unpaired) electrons. The van der Waals surface area contributed by atoms with Crippen molar-refractivity contribution in [3.63, 3.8) is 0 Å². The number of rotatable bonds is 3. The second kappa shape index (κ2) is 7.39. The maximum absolute atomic E-state index is 13.2. The van der Waals surface area contributed by atoms with E-state index in [1.54, 1.807) is 12.1 Å². The van der Waals surface area contributed by atoms with Gasteiger partial charge in [-0.3, -0.25) is 19.0 Å². The predicted molar refractivity (Wildman–Crippen MR) is 99.9 cm³/mol. The maximum atomic E-state index is 13.2. The number of hydrogen-bond donors (Lipinski definition) is 1. The maximum Gasteiger partial charge on any atom is 0.406 e. The molecule has 1 fully saturated rings. The molecule has 0 bridgehead atoms. The summed E-state index contributed by atoms with van der Waals surface area (Å²) in [6, 6.07) is 6.31. The number of halogens is 3. The van der Waals surface area contributed by atoms with Crippen LogP contribution in [0.5, 0.6) is 0 Å². The summed E-state index contributed by atoms with van der Waals surface area (Å²) in [5, 5.41) is 0.0673. The largest absolute Gasteiger partial charge is 0.406 e. The predicted octanol–water partition coefficient (Wildman–Crippen LogP) is 2.02. The molecule has 8 nitrogen and oxygen atoms in total. The number of likely N-dealkylation sites (tertiary alicyclic amines) is 1. The minimum atomic E-state index is -4.65. The summed E-state index contributed by atoms with van der Waals surface area (Å²) in [4.78, 5) is 49.0. The zero-order valence-electron chi connectivity index (χ0n) is 15.5. The molecule has 3 heterocycles. The van der Waals surface area contributed by atoms with E-state index >= 15 is 0 Å². The van der Waals surface area contributed by atoms with Gasteiger partial charge in [0, 0.05) is 12.6 Å². The van der Waals surface area contributed by atoms with Crippen molar-refractivity contribution in [2.24, 2.45) is 0 Å². The smallest absolute Gasteiger partial charge is 0.327 e. The van der Waals surface area contributed by atoms with E-state index in [0.717, 1.165) is 12.4 Å². The highest BCUT2D eigenvalue weighted by Gasteiger charge is 2.37. The van der Waals surface area contributed by atoms with Crippen LogP contribution in [0.1, 0.15) is 35.2 Å². The third kappa shape index (κ3) is 3.70. The topological polar surface area (TPSA) is 101 Å². The Morgan fingerprint density at radius 2 is 2.00 bits per heavy atom. The number of nitrogens with one attached hydrogen (secondary N) is 1. The van der Waals surface area contributed by atoms with Crippen LogP contribution in [-0.4, -0.2) is 43.0 Å². The van der Waals surface area contributed by atoms with Crippen LogP contribution in [-0.2, 0) is 6.54 Å². The molecule has 0 saturated carbocycles. The van der Waals surface area contributed by atoms with Crippen molar-refractivity contribution in [1.29, 1.82) is 0 Å². The number of aromatic nitrogens is 4. The number of carbonyl (C=O) groups is 1. The molecule has 1 aliphatic rings. The van der Waals surface area contributed by atoms with Gasteiger partial charge in [0.15, 0.2) is 0 Å². The number of benzene rings is 1.